The van der Waals surface area contributed by atoms with Crippen LogP contribution in [0.15, 0.2) is 38.2 Å². The molecule has 1 aromatic carbocycles. The number of hydrogen-bond donors (Lipinski definition) is 1. The molecular weight excluding hydrogens is 338 g/mol. The van der Waals surface area contributed by atoms with Crippen molar-refractivity contribution in [2.75, 3.05) is 6.26 Å². The van der Waals surface area contributed by atoms with Crippen LogP contribution in [0.25, 0.3) is 11.3 Å². The summed E-state index contributed by atoms with van der Waals surface area (Å²) >= 11 is 3.20. The average Bonchev–Trinajstić information content (AvgIpc) is 2.76. The van der Waals surface area contributed by atoms with Gasteiger partial charge in [0.15, 0.2) is 9.84 Å². The Morgan fingerprint density at radius 3 is 2.53 bits per heavy atom. The van der Waals surface area contributed by atoms with Gasteiger partial charge >= 0.3 is 5.97 Å². The van der Waals surface area contributed by atoms with Gasteiger partial charge in [-0.15, -0.1) is 0 Å². The van der Waals surface area contributed by atoms with Crippen molar-refractivity contribution in [1.82, 2.24) is 5.16 Å². The monoisotopic (exact) mass is 345 g/mol. The summed E-state index contributed by atoms with van der Waals surface area (Å²) in [5.41, 5.74) is 0.703. The highest BCUT2D eigenvalue weighted by atomic mass is 79.9. The van der Waals surface area contributed by atoms with Crippen molar-refractivity contribution in [3.8, 4) is 11.3 Å². The van der Waals surface area contributed by atoms with Crippen LogP contribution in [-0.4, -0.2) is 30.9 Å². The molecule has 100 valence electrons. The van der Waals surface area contributed by atoms with Crippen LogP contribution in [0.1, 0.15) is 10.6 Å². The lowest BCUT2D eigenvalue weighted by Crippen LogP contribution is -1.97. The van der Waals surface area contributed by atoms with Crippen molar-refractivity contribution >= 4 is 31.7 Å². The van der Waals surface area contributed by atoms with Crippen LogP contribution in [0, 0.1) is 0 Å². The van der Waals surface area contributed by atoms with E-state index in [1.807, 2.05) is 0 Å². The zero-order chi connectivity index (χ0) is 14.2. The Bertz CT molecular complexity index is 750. The van der Waals surface area contributed by atoms with Gasteiger partial charge in [0.05, 0.1) is 4.90 Å². The van der Waals surface area contributed by atoms with E-state index in [4.69, 9.17) is 5.11 Å². The average molecular weight is 346 g/mol. The number of nitrogens with zero attached hydrogens (tertiary/aromatic N) is 1. The maximum Gasteiger partial charge on any atom is 0.374 e. The standard InChI is InChI=1S/C11H8BrNO5S/c1-19(16,17)8-3-6(2-7(12)4-8)9-5-10(11(14)15)18-13-9/h2-5H,1H3,(H,14,15). The lowest BCUT2D eigenvalue weighted by molar-refractivity contribution is 0.0652. The minimum atomic E-state index is -3.37. The normalized spacial score (nSPS) is 11.5. The number of halogens is 1. The topological polar surface area (TPSA) is 97.5 Å². The summed E-state index contributed by atoms with van der Waals surface area (Å²) in [5, 5.41) is 12.3. The molecule has 0 saturated carbocycles. The van der Waals surface area contributed by atoms with Crippen LogP contribution in [0.2, 0.25) is 0 Å². The fourth-order valence-electron chi connectivity index (χ4n) is 1.44. The van der Waals surface area contributed by atoms with Gasteiger partial charge in [-0.1, -0.05) is 21.1 Å². The third-order valence-corrected chi connectivity index (χ3v) is 3.87. The third-order valence-electron chi connectivity index (χ3n) is 2.32. The summed E-state index contributed by atoms with van der Waals surface area (Å²) in [4.78, 5) is 10.8. The largest absolute Gasteiger partial charge is 0.475 e. The first-order chi connectivity index (χ1) is 8.77. The maximum absolute atomic E-state index is 11.5. The number of hydrogen-bond acceptors (Lipinski definition) is 5. The van der Waals surface area contributed by atoms with Crippen LogP contribution in [0.4, 0.5) is 0 Å². The van der Waals surface area contributed by atoms with Crippen LogP contribution in [0.3, 0.4) is 0 Å². The molecule has 0 bridgehead atoms. The zero-order valence-electron chi connectivity index (χ0n) is 9.62. The predicted molar refractivity (Wildman–Crippen MR) is 69.7 cm³/mol. The Balaban J connectivity index is 2.56. The second kappa shape index (κ2) is 4.78. The van der Waals surface area contributed by atoms with Gasteiger partial charge in [-0.2, -0.15) is 0 Å². The number of benzene rings is 1. The molecule has 6 nitrogen and oxygen atoms in total. The van der Waals surface area contributed by atoms with Gasteiger partial charge < -0.3 is 9.63 Å². The predicted octanol–water partition coefficient (Wildman–Crippen LogP) is 2.21. The Morgan fingerprint density at radius 2 is 2.00 bits per heavy atom. The number of carbonyl (C=O) groups is 1. The van der Waals surface area contributed by atoms with E-state index in [0.717, 1.165) is 6.26 Å². The minimum Gasteiger partial charge on any atom is -0.475 e. The molecule has 2 rings (SSSR count). The molecule has 0 amide bonds. The summed E-state index contributed by atoms with van der Waals surface area (Å²) in [7, 11) is -3.37. The number of sulfone groups is 1. The van der Waals surface area contributed by atoms with Crippen molar-refractivity contribution in [2.45, 2.75) is 4.90 Å². The Morgan fingerprint density at radius 1 is 1.32 bits per heavy atom. The molecule has 0 aliphatic heterocycles. The number of aromatic carboxylic acids is 1. The quantitative estimate of drug-likeness (QED) is 0.915. The van der Waals surface area contributed by atoms with Gasteiger partial charge in [0.1, 0.15) is 5.69 Å². The first-order valence-electron chi connectivity index (χ1n) is 4.98. The second-order valence-electron chi connectivity index (χ2n) is 3.83. The minimum absolute atomic E-state index is 0.108. The van der Waals surface area contributed by atoms with Gasteiger partial charge in [0.2, 0.25) is 5.76 Å². The van der Waals surface area contributed by atoms with E-state index < -0.39 is 15.8 Å². The number of carboxylic acid groups (broad SMARTS) is 1. The SMILES string of the molecule is CS(=O)(=O)c1cc(Br)cc(-c2cc(C(=O)O)on2)c1. The van der Waals surface area contributed by atoms with Gasteiger partial charge in [0.25, 0.3) is 0 Å². The zero-order valence-corrected chi connectivity index (χ0v) is 12.0. The highest BCUT2D eigenvalue weighted by molar-refractivity contribution is 9.10. The summed E-state index contributed by atoms with van der Waals surface area (Å²) in [6, 6.07) is 5.72. The molecule has 8 heteroatoms. The summed E-state index contributed by atoms with van der Waals surface area (Å²) in [5.74, 6) is -1.55. The van der Waals surface area contributed by atoms with Crippen molar-refractivity contribution in [3.63, 3.8) is 0 Å². The van der Waals surface area contributed by atoms with E-state index in [9.17, 15) is 13.2 Å². The van der Waals surface area contributed by atoms with E-state index in [1.165, 1.54) is 18.2 Å². The van der Waals surface area contributed by atoms with Crippen molar-refractivity contribution in [2.24, 2.45) is 0 Å². The van der Waals surface area contributed by atoms with Crippen molar-refractivity contribution in [1.29, 1.82) is 0 Å². The fourth-order valence-corrected chi connectivity index (χ4v) is 2.76. The van der Waals surface area contributed by atoms with E-state index in [-0.39, 0.29) is 16.3 Å². The number of rotatable bonds is 3. The van der Waals surface area contributed by atoms with Crippen LogP contribution >= 0.6 is 15.9 Å². The van der Waals surface area contributed by atoms with Crippen molar-refractivity contribution in [3.05, 3.63) is 34.5 Å². The third kappa shape index (κ3) is 3.02. The van der Waals surface area contributed by atoms with Crippen LogP contribution in [0.5, 0.6) is 0 Å². The molecule has 0 aliphatic carbocycles. The Hall–Kier alpha value is -1.67. The highest BCUT2D eigenvalue weighted by Gasteiger charge is 2.15. The van der Waals surface area contributed by atoms with Crippen molar-refractivity contribution < 1.29 is 22.8 Å². The number of aromatic nitrogens is 1. The molecule has 0 saturated heterocycles. The van der Waals surface area contributed by atoms with Crippen LogP contribution < -0.4 is 0 Å². The first-order valence-corrected chi connectivity index (χ1v) is 7.67. The van der Waals surface area contributed by atoms with Gasteiger partial charge in [-0.3, -0.25) is 0 Å². The number of carboxylic acids is 1. The molecule has 0 atom stereocenters. The summed E-state index contributed by atoms with van der Waals surface area (Å²) in [6.07, 6.45) is 1.09. The highest BCUT2D eigenvalue weighted by Crippen LogP contribution is 2.27. The Kier molecular flexibility index (Phi) is 3.46. The molecule has 19 heavy (non-hydrogen) atoms. The van der Waals surface area contributed by atoms with Crippen LogP contribution in [-0.2, 0) is 9.84 Å². The van der Waals surface area contributed by atoms with Gasteiger partial charge in [-0.25, -0.2) is 13.2 Å². The summed E-state index contributed by atoms with van der Waals surface area (Å²) in [6.45, 7) is 0. The van der Waals surface area contributed by atoms with Gasteiger partial charge in [0, 0.05) is 22.4 Å². The summed E-state index contributed by atoms with van der Waals surface area (Å²) < 4.78 is 28.2. The second-order valence-corrected chi connectivity index (χ2v) is 6.76. The molecule has 1 aromatic heterocycles. The lowest BCUT2D eigenvalue weighted by Gasteiger charge is -2.02. The Labute approximate surface area is 117 Å². The van der Waals surface area contributed by atoms with E-state index in [0.29, 0.717) is 10.0 Å². The smallest absolute Gasteiger partial charge is 0.374 e. The first kappa shape index (κ1) is 13.8. The van der Waals surface area contributed by atoms with E-state index >= 15 is 0 Å². The molecule has 0 fully saturated rings. The fraction of sp³-hybridized carbons (Fsp3) is 0.0909. The van der Waals surface area contributed by atoms with E-state index in [1.54, 1.807) is 6.07 Å². The molecule has 0 radical (unpaired) electrons. The molecule has 1 heterocycles. The molecule has 0 unspecified atom stereocenters. The van der Waals surface area contributed by atoms with Gasteiger partial charge in [-0.05, 0) is 18.2 Å². The molecule has 0 spiro atoms. The molecular formula is C11H8BrNO5S. The lowest BCUT2D eigenvalue weighted by atomic mass is 10.1. The molecule has 2 aromatic rings. The van der Waals surface area contributed by atoms with E-state index in [2.05, 4.69) is 25.6 Å². The molecule has 1 N–H and O–H groups in total. The molecule has 0 aliphatic rings. The maximum atomic E-state index is 11.5.